The van der Waals surface area contributed by atoms with Gasteiger partial charge in [0.1, 0.15) is 0 Å². The summed E-state index contributed by atoms with van der Waals surface area (Å²) in [6, 6.07) is 2.26. The predicted octanol–water partition coefficient (Wildman–Crippen LogP) is 0.306. The number of ether oxygens (including phenoxy) is 2. The number of benzene rings is 1. The van der Waals surface area contributed by atoms with Crippen molar-refractivity contribution in [3.63, 3.8) is 0 Å². The maximum Gasteiger partial charge on any atom is 0.340 e. The number of hydrogen-bond acceptors (Lipinski definition) is 7. The quantitative estimate of drug-likeness (QED) is 0.704. The van der Waals surface area contributed by atoms with E-state index in [1.54, 1.807) is 26.0 Å². The summed E-state index contributed by atoms with van der Waals surface area (Å²) < 4.78 is 15.8. The number of fused-ring (bicyclic) bond motifs is 1. The van der Waals surface area contributed by atoms with Crippen LogP contribution in [0.5, 0.6) is 11.5 Å². The van der Waals surface area contributed by atoms with E-state index < -0.39 is 23.5 Å². The largest absolute Gasteiger partial charge is 0.548 e. The molecule has 0 saturated heterocycles. The fourth-order valence-corrected chi connectivity index (χ4v) is 2.70. The molecule has 0 saturated carbocycles. The second-order valence-electron chi connectivity index (χ2n) is 5.69. The predicted molar refractivity (Wildman–Crippen MR) is 91.3 cm³/mol. The molecule has 0 radical (unpaired) electrons. The summed E-state index contributed by atoms with van der Waals surface area (Å²) in [5.41, 5.74) is 0.224. The molecule has 26 heavy (non-hydrogen) atoms. The van der Waals surface area contributed by atoms with Crippen LogP contribution < -0.4 is 25.5 Å². The van der Waals surface area contributed by atoms with Crippen molar-refractivity contribution in [1.29, 1.82) is 0 Å². The van der Waals surface area contributed by atoms with E-state index in [1.807, 2.05) is 0 Å². The van der Waals surface area contributed by atoms with Crippen LogP contribution in [0.25, 0.3) is 11.0 Å². The first-order valence-corrected chi connectivity index (χ1v) is 8.01. The highest BCUT2D eigenvalue weighted by atomic mass is 16.5. The number of carboxylic acid groups (broad SMARTS) is 1. The number of aryl methyl sites for hydroxylation is 1. The molecule has 140 valence electrons. The molecule has 1 heterocycles. The molecule has 0 bridgehead atoms. The van der Waals surface area contributed by atoms with Gasteiger partial charge in [0.2, 0.25) is 11.7 Å². The maximum absolute atomic E-state index is 12.4. The molecule has 1 aromatic heterocycles. The molecule has 0 fully saturated rings. The molecule has 0 aliphatic carbocycles. The molecule has 0 spiro atoms. The molecule has 2 rings (SSSR count). The van der Waals surface area contributed by atoms with Crippen molar-refractivity contribution in [2.24, 2.45) is 0 Å². The topological polar surface area (TPSA) is 118 Å². The van der Waals surface area contributed by atoms with Gasteiger partial charge in [-0.25, -0.2) is 4.79 Å². The van der Waals surface area contributed by atoms with Gasteiger partial charge in [-0.2, -0.15) is 0 Å². The Hall–Kier alpha value is -3.03. The van der Waals surface area contributed by atoms with Crippen LogP contribution in [0.3, 0.4) is 0 Å². The van der Waals surface area contributed by atoms with Gasteiger partial charge in [-0.1, -0.05) is 6.92 Å². The number of carbonyl (C=O) groups is 2. The van der Waals surface area contributed by atoms with Crippen LogP contribution in [0.15, 0.2) is 21.3 Å². The zero-order valence-electron chi connectivity index (χ0n) is 15.0. The summed E-state index contributed by atoms with van der Waals surface area (Å²) in [5.74, 6) is -1.28. The van der Waals surface area contributed by atoms with Gasteiger partial charge in [-0.05, 0) is 31.0 Å². The summed E-state index contributed by atoms with van der Waals surface area (Å²) >= 11 is 0. The van der Waals surface area contributed by atoms with Crippen LogP contribution in [-0.4, -0.2) is 32.1 Å². The number of carbonyl (C=O) groups excluding carboxylic acids is 2. The van der Waals surface area contributed by atoms with Gasteiger partial charge in [-0.3, -0.25) is 4.79 Å². The van der Waals surface area contributed by atoms with E-state index in [-0.39, 0.29) is 29.7 Å². The Kier molecular flexibility index (Phi) is 5.86. The fourth-order valence-electron chi connectivity index (χ4n) is 2.70. The third-order valence-corrected chi connectivity index (χ3v) is 4.16. The first kappa shape index (κ1) is 19.3. The SMILES string of the molecule is CC[C@H](NC(=O)Cc1c(C)c2ccc(OC)c(OC)c2oc1=O)C(=O)[O-]. The van der Waals surface area contributed by atoms with Gasteiger partial charge in [-0.15, -0.1) is 0 Å². The Morgan fingerprint density at radius 3 is 2.50 bits per heavy atom. The van der Waals surface area contributed by atoms with Crippen LogP contribution in [0.1, 0.15) is 24.5 Å². The number of methoxy groups -OCH3 is 2. The van der Waals surface area contributed by atoms with Crippen molar-refractivity contribution in [3.8, 4) is 11.5 Å². The monoisotopic (exact) mass is 362 g/mol. The molecule has 2 aromatic rings. The molecule has 0 aliphatic heterocycles. The van der Waals surface area contributed by atoms with E-state index in [2.05, 4.69) is 5.32 Å². The molecule has 8 nitrogen and oxygen atoms in total. The van der Waals surface area contributed by atoms with Gasteiger partial charge in [0.05, 0.1) is 38.2 Å². The number of amides is 1. The van der Waals surface area contributed by atoms with Gasteiger partial charge in [0.15, 0.2) is 11.3 Å². The Morgan fingerprint density at radius 1 is 1.27 bits per heavy atom. The first-order chi connectivity index (χ1) is 12.3. The van der Waals surface area contributed by atoms with Crippen LogP contribution in [0.4, 0.5) is 0 Å². The third kappa shape index (κ3) is 3.63. The second kappa shape index (κ2) is 7.90. The minimum absolute atomic E-state index is 0.149. The number of carboxylic acids is 1. The minimum Gasteiger partial charge on any atom is -0.548 e. The Labute approximate surface area is 149 Å². The molecule has 1 aromatic carbocycles. The fraction of sp³-hybridized carbons (Fsp3) is 0.389. The van der Waals surface area contributed by atoms with Crippen molar-refractivity contribution in [1.82, 2.24) is 5.32 Å². The highest BCUT2D eigenvalue weighted by Gasteiger charge is 2.20. The zero-order chi connectivity index (χ0) is 19.4. The average Bonchev–Trinajstić information content (AvgIpc) is 2.61. The molecule has 1 N–H and O–H groups in total. The maximum atomic E-state index is 12.4. The lowest BCUT2D eigenvalue weighted by Crippen LogP contribution is -2.48. The third-order valence-electron chi connectivity index (χ3n) is 4.16. The summed E-state index contributed by atoms with van der Waals surface area (Å²) in [4.78, 5) is 35.4. The lowest BCUT2D eigenvalue weighted by molar-refractivity contribution is -0.308. The second-order valence-corrected chi connectivity index (χ2v) is 5.69. The van der Waals surface area contributed by atoms with Crippen LogP contribution in [0.2, 0.25) is 0 Å². The van der Waals surface area contributed by atoms with Gasteiger partial charge in [0, 0.05) is 5.39 Å². The Morgan fingerprint density at radius 2 is 1.96 bits per heavy atom. The van der Waals surface area contributed by atoms with Gasteiger partial charge < -0.3 is 29.1 Å². The molecule has 8 heteroatoms. The van der Waals surface area contributed by atoms with Crippen molar-refractivity contribution < 1.29 is 28.6 Å². The molecule has 0 aliphatic rings. The highest BCUT2D eigenvalue weighted by Crippen LogP contribution is 2.36. The van der Waals surface area contributed by atoms with E-state index in [1.165, 1.54) is 14.2 Å². The van der Waals surface area contributed by atoms with Crippen LogP contribution >= 0.6 is 0 Å². The Bertz CT molecular complexity index is 901. The number of rotatable bonds is 7. The standard InChI is InChI=1S/C18H21NO7/c1-5-12(17(21)22)19-14(20)8-11-9(2)10-6-7-13(24-3)16(25-4)15(10)26-18(11)23/h6-7,12H,5,8H2,1-4H3,(H,19,20)(H,21,22)/p-1/t12-/m0/s1. The van der Waals surface area contributed by atoms with Crippen molar-refractivity contribution >= 4 is 22.8 Å². The van der Waals surface area contributed by atoms with Crippen LogP contribution in [0, 0.1) is 6.92 Å². The summed E-state index contributed by atoms with van der Waals surface area (Å²) in [6.45, 7) is 3.29. The summed E-state index contributed by atoms with van der Waals surface area (Å²) in [7, 11) is 2.90. The highest BCUT2D eigenvalue weighted by molar-refractivity contribution is 5.90. The van der Waals surface area contributed by atoms with Crippen LogP contribution in [-0.2, 0) is 16.0 Å². The zero-order valence-corrected chi connectivity index (χ0v) is 15.0. The summed E-state index contributed by atoms with van der Waals surface area (Å²) in [6.07, 6.45) is -0.126. The average molecular weight is 362 g/mol. The van der Waals surface area contributed by atoms with Gasteiger partial charge in [0.25, 0.3) is 0 Å². The first-order valence-electron chi connectivity index (χ1n) is 8.01. The van der Waals surface area contributed by atoms with E-state index in [0.717, 1.165) is 0 Å². The number of nitrogens with one attached hydrogen (secondary N) is 1. The van der Waals surface area contributed by atoms with E-state index in [0.29, 0.717) is 16.7 Å². The molecule has 0 unspecified atom stereocenters. The summed E-state index contributed by atoms with van der Waals surface area (Å²) in [5, 5.41) is 13.9. The van der Waals surface area contributed by atoms with E-state index >= 15 is 0 Å². The molecular formula is C18H20NO7-. The number of aliphatic carboxylic acids is 1. The number of hydrogen-bond donors (Lipinski definition) is 1. The Balaban J connectivity index is 2.45. The smallest absolute Gasteiger partial charge is 0.340 e. The van der Waals surface area contributed by atoms with Crippen molar-refractivity contribution in [2.45, 2.75) is 32.7 Å². The molecule has 1 atom stereocenters. The van der Waals surface area contributed by atoms with Crippen molar-refractivity contribution in [3.05, 3.63) is 33.7 Å². The lowest BCUT2D eigenvalue weighted by atomic mass is 10.0. The van der Waals surface area contributed by atoms with E-state index in [4.69, 9.17) is 13.9 Å². The van der Waals surface area contributed by atoms with Gasteiger partial charge >= 0.3 is 5.63 Å². The van der Waals surface area contributed by atoms with Crippen molar-refractivity contribution in [2.75, 3.05) is 14.2 Å². The minimum atomic E-state index is -1.38. The van der Waals surface area contributed by atoms with E-state index in [9.17, 15) is 19.5 Å². The lowest BCUT2D eigenvalue weighted by Gasteiger charge is -2.18. The normalized spacial score (nSPS) is 11.8. The molecular weight excluding hydrogens is 342 g/mol. The molecule has 1 amide bonds.